The van der Waals surface area contributed by atoms with Crippen LogP contribution in [-0.2, 0) is 11.2 Å². The number of halogens is 1. The van der Waals surface area contributed by atoms with Crippen LogP contribution in [-0.4, -0.2) is 56.8 Å². The first-order chi connectivity index (χ1) is 13.2. The van der Waals surface area contributed by atoms with E-state index in [9.17, 15) is 0 Å². The molecule has 2 aromatic heterocycles. The number of ether oxygens (including phenoxy) is 1. The van der Waals surface area contributed by atoms with Gasteiger partial charge in [0.1, 0.15) is 0 Å². The van der Waals surface area contributed by atoms with Crippen molar-refractivity contribution < 1.29 is 4.74 Å². The van der Waals surface area contributed by atoms with Gasteiger partial charge >= 0.3 is 0 Å². The standard InChI is InChI=1S/C20H30N4OS2.HI/c1-15(13-17-7-6-16(2)27-17)23-20(21-3)22-14-18(19-5-4-12-26-19)24-8-10-25-11-9-24;/h4-7,12,15,18H,8-11,13-14H2,1-3H3,(H2,21,22,23);1H. The molecule has 0 spiro atoms. The highest BCUT2D eigenvalue weighted by molar-refractivity contribution is 14.0. The number of rotatable bonds is 7. The zero-order valence-corrected chi connectivity index (χ0v) is 20.8. The van der Waals surface area contributed by atoms with Crippen molar-refractivity contribution in [2.24, 2.45) is 4.99 Å². The van der Waals surface area contributed by atoms with Crippen LogP contribution in [0.25, 0.3) is 0 Å². The molecule has 2 unspecified atom stereocenters. The molecule has 1 aliphatic rings. The van der Waals surface area contributed by atoms with Crippen molar-refractivity contribution >= 4 is 52.6 Å². The van der Waals surface area contributed by atoms with Gasteiger partial charge < -0.3 is 15.4 Å². The molecule has 2 aromatic rings. The van der Waals surface area contributed by atoms with E-state index in [2.05, 4.69) is 64.0 Å². The zero-order valence-electron chi connectivity index (χ0n) is 16.8. The maximum atomic E-state index is 5.53. The summed E-state index contributed by atoms with van der Waals surface area (Å²) in [4.78, 5) is 11.1. The molecule has 156 valence electrons. The second kappa shape index (κ2) is 12.1. The van der Waals surface area contributed by atoms with E-state index in [1.165, 1.54) is 14.6 Å². The fourth-order valence-electron chi connectivity index (χ4n) is 3.35. The first-order valence-corrected chi connectivity index (χ1v) is 11.2. The van der Waals surface area contributed by atoms with Gasteiger partial charge in [-0.3, -0.25) is 9.89 Å². The molecule has 0 radical (unpaired) electrons. The molecule has 8 heteroatoms. The predicted molar refractivity (Wildman–Crippen MR) is 132 cm³/mol. The first-order valence-electron chi connectivity index (χ1n) is 9.53. The normalized spacial score (nSPS) is 17.6. The highest BCUT2D eigenvalue weighted by Crippen LogP contribution is 2.25. The SMILES string of the molecule is CN=C(NCC(c1cccs1)N1CCOCC1)NC(C)Cc1ccc(C)s1.I. The van der Waals surface area contributed by atoms with Gasteiger partial charge in [0, 0.05) is 53.8 Å². The molecular weight excluding hydrogens is 503 g/mol. The van der Waals surface area contributed by atoms with Crippen LogP contribution in [0.2, 0.25) is 0 Å². The topological polar surface area (TPSA) is 48.9 Å². The predicted octanol–water partition coefficient (Wildman–Crippen LogP) is 3.91. The van der Waals surface area contributed by atoms with E-state index in [-0.39, 0.29) is 24.0 Å². The van der Waals surface area contributed by atoms with E-state index in [1.807, 2.05) is 29.7 Å². The van der Waals surface area contributed by atoms with E-state index in [4.69, 9.17) is 4.74 Å². The van der Waals surface area contributed by atoms with E-state index in [0.717, 1.165) is 45.2 Å². The smallest absolute Gasteiger partial charge is 0.191 e. The molecular formula is C20H31IN4OS2. The highest BCUT2D eigenvalue weighted by atomic mass is 127. The Labute approximate surface area is 193 Å². The van der Waals surface area contributed by atoms with Crippen LogP contribution in [0.1, 0.15) is 27.6 Å². The first kappa shape index (κ1) is 23.6. The monoisotopic (exact) mass is 534 g/mol. The zero-order chi connectivity index (χ0) is 19.1. The van der Waals surface area contributed by atoms with Gasteiger partial charge in [0.15, 0.2) is 5.96 Å². The van der Waals surface area contributed by atoms with E-state index in [0.29, 0.717) is 12.1 Å². The number of aliphatic imine (C=N–C) groups is 1. The lowest BCUT2D eigenvalue weighted by atomic mass is 10.2. The quantitative estimate of drug-likeness (QED) is 0.322. The minimum Gasteiger partial charge on any atom is -0.379 e. The second-order valence-corrected chi connectivity index (χ2v) is 9.25. The molecule has 3 rings (SSSR count). The van der Waals surface area contributed by atoms with Crippen LogP contribution in [0.5, 0.6) is 0 Å². The number of hydrogen-bond acceptors (Lipinski definition) is 5. The minimum atomic E-state index is 0. The third kappa shape index (κ3) is 6.98. The molecule has 0 aromatic carbocycles. The Bertz CT molecular complexity index is 714. The van der Waals surface area contributed by atoms with Crippen molar-refractivity contribution in [1.29, 1.82) is 0 Å². The van der Waals surface area contributed by atoms with Crippen LogP contribution in [0.15, 0.2) is 34.6 Å². The molecule has 1 saturated heterocycles. The van der Waals surface area contributed by atoms with Crippen molar-refractivity contribution in [3.05, 3.63) is 44.3 Å². The number of hydrogen-bond donors (Lipinski definition) is 2. The summed E-state index contributed by atoms with van der Waals surface area (Å²) in [7, 11) is 1.84. The van der Waals surface area contributed by atoms with Gasteiger partial charge in [-0.15, -0.1) is 46.7 Å². The molecule has 0 saturated carbocycles. The maximum absolute atomic E-state index is 5.53. The minimum absolute atomic E-state index is 0. The van der Waals surface area contributed by atoms with Crippen molar-refractivity contribution in [3.8, 4) is 0 Å². The van der Waals surface area contributed by atoms with Crippen molar-refractivity contribution in [2.75, 3.05) is 39.9 Å². The Morgan fingerprint density at radius 1 is 1.29 bits per heavy atom. The molecule has 0 amide bonds. The molecule has 0 bridgehead atoms. The molecule has 2 N–H and O–H groups in total. The summed E-state index contributed by atoms with van der Waals surface area (Å²) in [5, 5.41) is 9.23. The highest BCUT2D eigenvalue weighted by Gasteiger charge is 2.23. The number of thiophene rings is 2. The van der Waals surface area contributed by atoms with Gasteiger partial charge in [-0.25, -0.2) is 0 Å². The lowest BCUT2D eigenvalue weighted by molar-refractivity contribution is 0.0177. The van der Waals surface area contributed by atoms with Gasteiger partial charge in [-0.1, -0.05) is 6.07 Å². The van der Waals surface area contributed by atoms with Gasteiger partial charge in [-0.05, 0) is 37.4 Å². The number of nitrogens with one attached hydrogen (secondary N) is 2. The average Bonchev–Trinajstić information content (AvgIpc) is 3.34. The summed E-state index contributed by atoms with van der Waals surface area (Å²) in [6.45, 7) is 8.78. The Morgan fingerprint density at radius 3 is 2.68 bits per heavy atom. The van der Waals surface area contributed by atoms with Crippen LogP contribution in [0, 0.1) is 6.92 Å². The van der Waals surface area contributed by atoms with Crippen LogP contribution >= 0.6 is 46.7 Å². The molecule has 1 aliphatic heterocycles. The number of guanidine groups is 1. The summed E-state index contributed by atoms with van der Waals surface area (Å²) < 4.78 is 5.53. The molecule has 1 fully saturated rings. The van der Waals surface area contributed by atoms with Crippen molar-refractivity contribution in [1.82, 2.24) is 15.5 Å². The molecule has 5 nitrogen and oxygen atoms in total. The number of morpholine rings is 1. The fourth-order valence-corrected chi connectivity index (χ4v) is 5.23. The van der Waals surface area contributed by atoms with E-state index in [1.54, 1.807) is 0 Å². The maximum Gasteiger partial charge on any atom is 0.191 e. The Kier molecular flexibility index (Phi) is 10.2. The van der Waals surface area contributed by atoms with Crippen LogP contribution in [0.4, 0.5) is 0 Å². The Hall–Kier alpha value is -0.680. The van der Waals surface area contributed by atoms with Crippen molar-refractivity contribution in [3.63, 3.8) is 0 Å². The van der Waals surface area contributed by atoms with E-state index >= 15 is 0 Å². The number of nitrogens with zero attached hydrogens (tertiary/aromatic N) is 2. The third-order valence-electron chi connectivity index (χ3n) is 4.73. The van der Waals surface area contributed by atoms with E-state index < -0.39 is 0 Å². The average molecular weight is 535 g/mol. The van der Waals surface area contributed by atoms with Gasteiger partial charge in [0.2, 0.25) is 0 Å². The van der Waals surface area contributed by atoms with Crippen LogP contribution in [0.3, 0.4) is 0 Å². The Balaban J connectivity index is 0.00000280. The van der Waals surface area contributed by atoms with Crippen LogP contribution < -0.4 is 10.6 Å². The summed E-state index contributed by atoms with van der Waals surface area (Å²) >= 11 is 3.69. The Morgan fingerprint density at radius 2 is 2.07 bits per heavy atom. The lowest BCUT2D eigenvalue weighted by Crippen LogP contribution is -2.48. The molecule has 0 aliphatic carbocycles. The lowest BCUT2D eigenvalue weighted by Gasteiger charge is -2.34. The molecule has 2 atom stereocenters. The van der Waals surface area contributed by atoms with Crippen molar-refractivity contribution in [2.45, 2.75) is 32.4 Å². The third-order valence-corrected chi connectivity index (χ3v) is 6.73. The fraction of sp³-hybridized carbons (Fsp3) is 0.550. The summed E-state index contributed by atoms with van der Waals surface area (Å²) in [5.74, 6) is 0.866. The summed E-state index contributed by atoms with van der Waals surface area (Å²) in [6, 6.07) is 9.45. The van der Waals surface area contributed by atoms with Gasteiger partial charge in [-0.2, -0.15) is 0 Å². The summed E-state index contributed by atoms with van der Waals surface area (Å²) in [5.41, 5.74) is 0. The molecule has 28 heavy (non-hydrogen) atoms. The summed E-state index contributed by atoms with van der Waals surface area (Å²) in [6.07, 6.45) is 1.01. The largest absolute Gasteiger partial charge is 0.379 e. The van der Waals surface area contributed by atoms with Gasteiger partial charge in [0.25, 0.3) is 0 Å². The van der Waals surface area contributed by atoms with Gasteiger partial charge in [0.05, 0.1) is 19.3 Å². The number of aryl methyl sites for hydroxylation is 1. The molecule has 3 heterocycles. The second-order valence-electron chi connectivity index (χ2n) is 6.89.